The largest absolute Gasteiger partial charge is 0.497 e. The van der Waals surface area contributed by atoms with Gasteiger partial charge in [0.05, 0.1) is 12.8 Å². The van der Waals surface area contributed by atoms with Gasteiger partial charge in [-0.1, -0.05) is 6.07 Å². The third-order valence-electron chi connectivity index (χ3n) is 2.50. The summed E-state index contributed by atoms with van der Waals surface area (Å²) in [5.74, 6) is -0.782. The molecule has 6 heteroatoms. The summed E-state index contributed by atoms with van der Waals surface area (Å²) in [6.45, 7) is 0. The van der Waals surface area contributed by atoms with Crippen molar-refractivity contribution in [3.05, 3.63) is 54.1 Å². The van der Waals surface area contributed by atoms with E-state index in [1.54, 1.807) is 24.3 Å². The van der Waals surface area contributed by atoms with E-state index in [1.807, 2.05) is 0 Å². The monoisotopic (exact) mass is 278 g/mol. The van der Waals surface area contributed by atoms with Crippen LogP contribution in [0, 0.1) is 11.6 Å². The number of carbonyl (C=O) groups is 1. The van der Waals surface area contributed by atoms with Crippen LogP contribution >= 0.6 is 0 Å². The van der Waals surface area contributed by atoms with Gasteiger partial charge in [-0.15, -0.1) is 0 Å². The molecule has 104 valence electrons. The lowest BCUT2D eigenvalue weighted by Crippen LogP contribution is -2.20. The summed E-state index contributed by atoms with van der Waals surface area (Å²) in [6, 6.07) is 8.79. The number of urea groups is 1. The first-order chi connectivity index (χ1) is 9.58. The van der Waals surface area contributed by atoms with Gasteiger partial charge in [0.25, 0.3) is 0 Å². The number of hydrogen-bond acceptors (Lipinski definition) is 2. The van der Waals surface area contributed by atoms with Gasteiger partial charge in [0.15, 0.2) is 0 Å². The lowest BCUT2D eigenvalue weighted by molar-refractivity contribution is 0.262. The minimum Gasteiger partial charge on any atom is -0.497 e. The van der Waals surface area contributed by atoms with E-state index in [9.17, 15) is 13.6 Å². The van der Waals surface area contributed by atoms with Crippen LogP contribution in [0.2, 0.25) is 0 Å². The van der Waals surface area contributed by atoms with Crippen molar-refractivity contribution in [1.82, 2.24) is 0 Å². The van der Waals surface area contributed by atoms with E-state index in [0.29, 0.717) is 11.4 Å². The molecule has 0 radical (unpaired) electrons. The van der Waals surface area contributed by atoms with Crippen LogP contribution in [0.1, 0.15) is 0 Å². The third-order valence-corrected chi connectivity index (χ3v) is 2.50. The van der Waals surface area contributed by atoms with Gasteiger partial charge < -0.3 is 15.4 Å². The van der Waals surface area contributed by atoms with Crippen molar-refractivity contribution >= 4 is 17.4 Å². The van der Waals surface area contributed by atoms with Crippen LogP contribution in [0.5, 0.6) is 5.75 Å². The van der Waals surface area contributed by atoms with Crippen LogP contribution in [0.25, 0.3) is 0 Å². The van der Waals surface area contributed by atoms with E-state index in [2.05, 4.69) is 10.6 Å². The molecular formula is C14H12F2N2O2. The number of rotatable bonds is 3. The Bertz CT molecular complexity index is 632. The van der Waals surface area contributed by atoms with Crippen molar-refractivity contribution in [3.63, 3.8) is 0 Å². The van der Waals surface area contributed by atoms with E-state index < -0.39 is 17.7 Å². The predicted octanol–water partition coefficient (Wildman–Crippen LogP) is 3.62. The Labute approximate surface area is 114 Å². The summed E-state index contributed by atoms with van der Waals surface area (Å²) in [4.78, 5) is 11.7. The number of ether oxygens (including phenoxy) is 1. The van der Waals surface area contributed by atoms with Crippen LogP contribution in [0.4, 0.5) is 25.0 Å². The van der Waals surface area contributed by atoms with Crippen LogP contribution in [0.15, 0.2) is 42.5 Å². The van der Waals surface area contributed by atoms with Gasteiger partial charge >= 0.3 is 6.03 Å². The number of anilines is 2. The number of carbonyl (C=O) groups excluding carboxylic acids is 1. The minimum atomic E-state index is -0.716. The second kappa shape index (κ2) is 6.01. The number of benzene rings is 2. The van der Waals surface area contributed by atoms with E-state index in [4.69, 9.17) is 4.74 Å². The topological polar surface area (TPSA) is 50.4 Å². The maximum Gasteiger partial charge on any atom is 0.323 e. The fourth-order valence-electron chi connectivity index (χ4n) is 1.58. The maximum atomic E-state index is 13.4. The Balaban J connectivity index is 2.07. The van der Waals surface area contributed by atoms with E-state index >= 15 is 0 Å². The molecule has 0 fully saturated rings. The number of halogens is 2. The first kappa shape index (κ1) is 13.8. The first-order valence-electron chi connectivity index (χ1n) is 5.75. The molecule has 4 nitrogen and oxygen atoms in total. The Morgan fingerprint density at radius 2 is 1.90 bits per heavy atom. The van der Waals surface area contributed by atoms with Crippen molar-refractivity contribution in [2.45, 2.75) is 0 Å². The Morgan fingerprint density at radius 3 is 2.65 bits per heavy atom. The van der Waals surface area contributed by atoms with Crippen molar-refractivity contribution in [1.29, 1.82) is 0 Å². The summed E-state index contributed by atoms with van der Waals surface area (Å²) in [7, 11) is 1.50. The zero-order valence-corrected chi connectivity index (χ0v) is 10.6. The molecule has 0 atom stereocenters. The summed E-state index contributed by atoms with van der Waals surface area (Å²) < 4.78 is 31.3. The van der Waals surface area contributed by atoms with Crippen molar-refractivity contribution in [2.75, 3.05) is 17.7 Å². The molecule has 2 rings (SSSR count). The fraction of sp³-hybridized carbons (Fsp3) is 0.0714. The molecule has 0 spiro atoms. The molecular weight excluding hydrogens is 266 g/mol. The molecule has 0 heterocycles. The van der Waals surface area contributed by atoms with Gasteiger partial charge in [0.2, 0.25) is 0 Å². The highest BCUT2D eigenvalue weighted by Gasteiger charge is 2.08. The quantitative estimate of drug-likeness (QED) is 0.901. The zero-order valence-electron chi connectivity index (χ0n) is 10.6. The summed E-state index contributed by atoms with van der Waals surface area (Å²) in [6.07, 6.45) is 0. The molecule has 0 saturated heterocycles. The molecule has 20 heavy (non-hydrogen) atoms. The highest BCUT2D eigenvalue weighted by molar-refractivity contribution is 5.99. The smallest absolute Gasteiger partial charge is 0.323 e. The molecule has 0 aliphatic rings. The lowest BCUT2D eigenvalue weighted by Gasteiger charge is -2.09. The Morgan fingerprint density at radius 1 is 1.10 bits per heavy atom. The van der Waals surface area contributed by atoms with Crippen LogP contribution < -0.4 is 15.4 Å². The van der Waals surface area contributed by atoms with Gasteiger partial charge in [-0.25, -0.2) is 13.6 Å². The average Bonchev–Trinajstić information content (AvgIpc) is 2.43. The number of amides is 2. The predicted molar refractivity (Wildman–Crippen MR) is 72.0 cm³/mol. The maximum absolute atomic E-state index is 13.4. The normalized spacial score (nSPS) is 9.95. The van der Waals surface area contributed by atoms with E-state index in [1.165, 1.54) is 7.11 Å². The number of methoxy groups -OCH3 is 1. The SMILES string of the molecule is COc1cccc(NC(=O)Nc2cc(F)ccc2F)c1. The summed E-state index contributed by atoms with van der Waals surface area (Å²) in [5.41, 5.74) is 0.240. The Kier molecular flexibility index (Phi) is 4.14. The lowest BCUT2D eigenvalue weighted by atomic mass is 10.3. The second-order valence-electron chi connectivity index (χ2n) is 3.94. The molecule has 2 aromatic carbocycles. The van der Waals surface area contributed by atoms with Gasteiger partial charge in [0, 0.05) is 17.8 Å². The standard InChI is InChI=1S/C14H12F2N2O2/c1-20-11-4-2-3-10(8-11)17-14(19)18-13-7-9(15)5-6-12(13)16/h2-8H,1H3,(H2,17,18,19). The van der Waals surface area contributed by atoms with Gasteiger partial charge in [-0.2, -0.15) is 0 Å². The molecule has 2 amide bonds. The second-order valence-corrected chi connectivity index (χ2v) is 3.94. The van der Waals surface area contributed by atoms with Crippen LogP contribution in [-0.2, 0) is 0 Å². The molecule has 0 unspecified atom stereocenters. The summed E-state index contributed by atoms with van der Waals surface area (Å²) in [5, 5.41) is 4.72. The molecule has 2 aromatic rings. The van der Waals surface area contributed by atoms with Crippen LogP contribution in [0.3, 0.4) is 0 Å². The molecule has 0 aromatic heterocycles. The van der Waals surface area contributed by atoms with Crippen molar-refractivity contribution < 1.29 is 18.3 Å². The minimum absolute atomic E-state index is 0.231. The molecule has 0 saturated carbocycles. The van der Waals surface area contributed by atoms with Gasteiger partial charge in [0.1, 0.15) is 17.4 Å². The summed E-state index contributed by atoms with van der Waals surface area (Å²) >= 11 is 0. The first-order valence-corrected chi connectivity index (χ1v) is 5.75. The highest BCUT2D eigenvalue weighted by atomic mass is 19.1. The average molecular weight is 278 g/mol. The molecule has 0 aliphatic heterocycles. The number of nitrogens with one attached hydrogen (secondary N) is 2. The number of hydrogen-bond donors (Lipinski definition) is 2. The molecule has 2 N–H and O–H groups in total. The van der Waals surface area contributed by atoms with Crippen molar-refractivity contribution in [2.24, 2.45) is 0 Å². The molecule has 0 bridgehead atoms. The zero-order chi connectivity index (χ0) is 14.5. The highest BCUT2D eigenvalue weighted by Crippen LogP contribution is 2.18. The van der Waals surface area contributed by atoms with Crippen LogP contribution in [-0.4, -0.2) is 13.1 Å². The van der Waals surface area contributed by atoms with Gasteiger partial charge in [-0.3, -0.25) is 0 Å². The molecule has 0 aliphatic carbocycles. The fourth-order valence-corrected chi connectivity index (χ4v) is 1.58. The van der Waals surface area contributed by atoms with Gasteiger partial charge in [-0.05, 0) is 24.3 Å². The Hall–Kier alpha value is -2.63. The van der Waals surface area contributed by atoms with Crippen molar-refractivity contribution in [3.8, 4) is 5.75 Å². The third kappa shape index (κ3) is 3.44. The van der Waals surface area contributed by atoms with E-state index in [-0.39, 0.29) is 5.69 Å². The van der Waals surface area contributed by atoms with E-state index in [0.717, 1.165) is 18.2 Å².